The second-order valence-corrected chi connectivity index (χ2v) is 8.03. The van der Waals surface area contributed by atoms with Gasteiger partial charge < -0.3 is 4.90 Å². The normalized spacial score (nSPS) is 16.4. The number of thiazole rings is 1. The maximum Gasteiger partial charge on any atom is 0.458 e. The molecule has 0 atom stereocenters. The Morgan fingerprint density at radius 1 is 1.00 bits per heavy atom. The highest BCUT2D eigenvalue weighted by atomic mass is 32.1. The van der Waals surface area contributed by atoms with Crippen LogP contribution >= 0.6 is 11.3 Å². The van der Waals surface area contributed by atoms with Gasteiger partial charge in [-0.2, -0.15) is 22.0 Å². The zero-order valence-electron chi connectivity index (χ0n) is 15.6. The van der Waals surface area contributed by atoms with E-state index in [-0.39, 0.29) is 12.3 Å². The van der Waals surface area contributed by atoms with Crippen LogP contribution < -0.4 is 4.90 Å². The average Bonchev–Trinajstić information content (AvgIpc) is 3.17. The number of aromatic nitrogens is 1. The van der Waals surface area contributed by atoms with Gasteiger partial charge in [0, 0.05) is 38.3 Å². The van der Waals surface area contributed by atoms with Gasteiger partial charge in [0.05, 0.1) is 10.2 Å². The first-order valence-electron chi connectivity index (χ1n) is 9.21. The highest BCUT2D eigenvalue weighted by molar-refractivity contribution is 7.16. The lowest BCUT2D eigenvalue weighted by molar-refractivity contribution is -0.289. The molecule has 1 aromatic heterocycles. The van der Waals surface area contributed by atoms with Crippen molar-refractivity contribution in [1.29, 1.82) is 0 Å². The number of nitrogens with zero attached hydrogens (tertiary/aromatic N) is 3. The molecule has 0 aliphatic carbocycles. The minimum atomic E-state index is -5.63. The van der Waals surface area contributed by atoms with Crippen molar-refractivity contribution in [3.8, 4) is 5.75 Å². The summed E-state index contributed by atoms with van der Waals surface area (Å²) in [4.78, 5) is 8.21. The van der Waals surface area contributed by atoms with E-state index in [1.807, 2.05) is 9.80 Å². The Labute approximate surface area is 173 Å². The lowest BCUT2D eigenvalue weighted by atomic mass is 10.0. The van der Waals surface area contributed by atoms with Crippen LogP contribution in [0.4, 0.5) is 27.6 Å². The third-order valence-electron chi connectivity index (χ3n) is 5.18. The van der Waals surface area contributed by atoms with Gasteiger partial charge in [-0.1, -0.05) is 18.2 Å². The molecular weight excluding hydrogens is 425 g/mol. The highest BCUT2D eigenvalue weighted by Crippen LogP contribution is 2.44. The lowest BCUT2D eigenvalue weighted by Gasteiger charge is -2.36. The maximum atomic E-state index is 13.6. The zero-order chi connectivity index (χ0) is 21.5. The summed E-state index contributed by atoms with van der Waals surface area (Å²) in [6.45, 7) is 2.40. The molecule has 0 unspecified atom stereocenters. The summed E-state index contributed by atoms with van der Waals surface area (Å²) < 4.78 is 66.1. The van der Waals surface area contributed by atoms with Crippen LogP contribution in [-0.4, -0.2) is 42.2 Å². The van der Waals surface area contributed by atoms with E-state index in [2.05, 4.69) is 4.98 Å². The van der Waals surface area contributed by atoms with Gasteiger partial charge in [0.2, 0.25) is 5.75 Å². The largest absolute Gasteiger partial charge is 0.458 e. The maximum absolute atomic E-state index is 13.6. The van der Waals surface area contributed by atoms with Crippen LogP contribution in [0.1, 0.15) is 11.1 Å². The van der Waals surface area contributed by atoms with Gasteiger partial charge in [-0.25, -0.2) is 4.98 Å². The van der Waals surface area contributed by atoms with Crippen LogP contribution in [0.25, 0.3) is 10.2 Å². The first-order chi connectivity index (χ1) is 14.2. The van der Waals surface area contributed by atoms with Crippen molar-refractivity contribution in [2.45, 2.75) is 18.6 Å². The van der Waals surface area contributed by atoms with E-state index in [1.54, 1.807) is 11.6 Å². The van der Waals surface area contributed by atoms with Crippen molar-refractivity contribution in [3.05, 3.63) is 53.0 Å². The smallest absolute Gasteiger partial charge is 0.364 e. The number of piperazine rings is 1. The van der Waals surface area contributed by atoms with E-state index in [0.29, 0.717) is 42.9 Å². The van der Waals surface area contributed by atoms with Crippen LogP contribution in [0.3, 0.4) is 0 Å². The van der Waals surface area contributed by atoms with Gasteiger partial charge in [-0.3, -0.25) is 10.0 Å². The van der Waals surface area contributed by atoms with Gasteiger partial charge in [0.1, 0.15) is 11.2 Å². The Balaban J connectivity index is 1.45. The van der Waals surface area contributed by atoms with E-state index in [0.717, 1.165) is 16.8 Å². The van der Waals surface area contributed by atoms with E-state index >= 15 is 0 Å². The van der Waals surface area contributed by atoms with Crippen LogP contribution in [0.5, 0.6) is 5.75 Å². The zero-order valence-corrected chi connectivity index (χ0v) is 16.4. The summed E-state index contributed by atoms with van der Waals surface area (Å²) in [5, 5.41) is 12.4. The summed E-state index contributed by atoms with van der Waals surface area (Å²) >= 11 is 1.45. The molecule has 1 fully saturated rings. The number of fused-ring (bicyclic) bond motifs is 1. The van der Waals surface area contributed by atoms with Gasteiger partial charge >= 0.3 is 12.1 Å². The molecule has 0 N–H and O–H groups in total. The molecule has 10 heteroatoms. The number of alkyl halides is 5. The monoisotopic (exact) mass is 442 g/mol. The summed E-state index contributed by atoms with van der Waals surface area (Å²) in [6, 6.07) is 7.72. The second-order valence-electron chi connectivity index (χ2n) is 7.15. The minimum Gasteiger partial charge on any atom is -0.364 e. The Bertz CT molecular complexity index is 1040. The molecule has 2 heterocycles. The van der Waals surface area contributed by atoms with Crippen molar-refractivity contribution < 1.29 is 27.1 Å². The van der Waals surface area contributed by atoms with Crippen LogP contribution in [0.2, 0.25) is 0 Å². The third kappa shape index (κ3) is 3.81. The second kappa shape index (κ2) is 7.66. The average molecular weight is 442 g/mol. The Morgan fingerprint density at radius 2 is 1.73 bits per heavy atom. The van der Waals surface area contributed by atoms with Crippen molar-refractivity contribution in [1.82, 2.24) is 9.88 Å². The summed E-state index contributed by atoms with van der Waals surface area (Å²) in [5.41, 5.74) is 2.24. The predicted molar refractivity (Wildman–Crippen MR) is 104 cm³/mol. The standard InChI is InChI=1S/C20H17F5N3OS/c21-19(22,20(23,24)25)14-3-1-2-13(10-14)11-27-6-8-28(9-7-27)18-15(29)4-5-16-17(18)26-12-30-16/h1-5,10,12H,6-9,11H2. The first kappa shape index (κ1) is 20.8. The molecule has 2 aromatic carbocycles. The molecule has 1 saturated heterocycles. The molecule has 30 heavy (non-hydrogen) atoms. The molecule has 1 radical (unpaired) electrons. The molecule has 1 aliphatic heterocycles. The summed E-state index contributed by atoms with van der Waals surface area (Å²) in [6.07, 6.45) is -5.63. The number of halogens is 5. The molecule has 0 amide bonds. The van der Waals surface area contributed by atoms with Gasteiger partial charge in [-0.15, -0.1) is 11.3 Å². The van der Waals surface area contributed by atoms with Crippen LogP contribution in [0, 0.1) is 0 Å². The van der Waals surface area contributed by atoms with Gasteiger partial charge in [0.15, 0.2) is 0 Å². The van der Waals surface area contributed by atoms with E-state index in [1.165, 1.54) is 29.5 Å². The number of hydrogen-bond acceptors (Lipinski definition) is 4. The fraction of sp³-hybridized carbons (Fsp3) is 0.350. The molecule has 0 bridgehead atoms. The highest BCUT2D eigenvalue weighted by Gasteiger charge is 2.58. The Hall–Kier alpha value is -2.46. The van der Waals surface area contributed by atoms with Crippen molar-refractivity contribution in [3.63, 3.8) is 0 Å². The number of rotatable bonds is 4. The molecule has 1 aliphatic rings. The number of hydrogen-bond donors (Lipinski definition) is 0. The van der Waals surface area contributed by atoms with Gasteiger partial charge in [0.25, 0.3) is 0 Å². The molecular formula is C20H17F5N3OS. The summed E-state index contributed by atoms with van der Waals surface area (Å²) in [7, 11) is 0. The molecule has 0 saturated carbocycles. The molecule has 0 spiro atoms. The summed E-state index contributed by atoms with van der Waals surface area (Å²) in [5.74, 6) is -5.00. The van der Waals surface area contributed by atoms with Crippen LogP contribution in [-0.2, 0) is 17.6 Å². The van der Waals surface area contributed by atoms with Crippen molar-refractivity contribution in [2.75, 3.05) is 31.1 Å². The lowest BCUT2D eigenvalue weighted by Crippen LogP contribution is -2.46. The molecule has 159 valence electrons. The van der Waals surface area contributed by atoms with E-state index < -0.39 is 17.7 Å². The fourth-order valence-electron chi connectivity index (χ4n) is 3.62. The SMILES string of the molecule is [O]c1ccc2scnc2c1N1CCN(Cc2cccc(C(F)(F)C(F)(F)F)c2)CC1. The topological polar surface area (TPSA) is 39.3 Å². The molecule has 4 nitrogen and oxygen atoms in total. The predicted octanol–water partition coefficient (Wildman–Crippen LogP) is 5.42. The van der Waals surface area contributed by atoms with E-state index in [4.69, 9.17) is 0 Å². The third-order valence-corrected chi connectivity index (χ3v) is 5.97. The molecule has 3 aromatic rings. The van der Waals surface area contributed by atoms with Crippen molar-refractivity contribution >= 4 is 27.2 Å². The number of benzene rings is 2. The Kier molecular flexibility index (Phi) is 5.31. The first-order valence-corrected chi connectivity index (χ1v) is 10.1. The van der Waals surface area contributed by atoms with Gasteiger partial charge in [-0.05, 0) is 23.8 Å². The fourth-order valence-corrected chi connectivity index (χ4v) is 4.30. The van der Waals surface area contributed by atoms with E-state index in [9.17, 15) is 27.1 Å². The minimum absolute atomic E-state index is 0.107. The van der Waals surface area contributed by atoms with Crippen molar-refractivity contribution in [2.24, 2.45) is 0 Å². The Morgan fingerprint density at radius 3 is 2.43 bits per heavy atom. The molecule has 4 rings (SSSR count). The van der Waals surface area contributed by atoms with Crippen LogP contribution in [0.15, 0.2) is 41.9 Å². The number of anilines is 1. The quantitative estimate of drug-likeness (QED) is 0.507.